The average molecular weight is 924 g/mol. The molecule has 1 spiro atoms. The maximum absolute atomic E-state index is 4.58. The molecule has 1 fully saturated rings. The zero-order valence-corrected chi connectivity index (χ0v) is 35.2. The Morgan fingerprint density at radius 2 is 1.14 bits per heavy atom. The number of rotatable bonds is 5. The molecule has 1 radical (unpaired) electrons. The van der Waals surface area contributed by atoms with E-state index in [-0.39, 0.29) is 25.5 Å². The van der Waals surface area contributed by atoms with Gasteiger partial charge in [-0.3, -0.25) is 0 Å². The summed E-state index contributed by atoms with van der Waals surface area (Å²) in [6, 6.07) is 62.0. The maximum Gasteiger partial charge on any atom is 0.0541 e. The van der Waals surface area contributed by atoms with Gasteiger partial charge in [-0.15, -0.1) is 35.4 Å². The van der Waals surface area contributed by atoms with Gasteiger partial charge in [0, 0.05) is 48.2 Å². The second-order valence-corrected chi connectivity index (χ2v) is 16.3. The molecule has 0 amide bonds. The molecule has 58 heavy (non-hydrogen) atoms. The fraction of sp³-hybridized carbons (Fsp3) is 0.145. The zero-order valence-electron chi connectivity index (χ0n) is 32.9. The number of pyridine rings is 1. The topological polar surface area (TPSA) is 17.8 Å². The van der Waals surface area contributed by atoms with Crippen molar-refractivity contribution in [3.05, 3.63) is 192 Å². The van der Waals surface area contributed by atoms with E-state index in [4.69, 9.17) is 0 Å². The van der Waals surface area contributed by atoms with E-state index in [0.29, 0.717) is 0 Å². The molecule has 0 atom stereocenters. The van der Waals surface area contributed by atoms with Crippen molar-refractivity contribution < 1.29 is 20.1 Å². The van der Waals surface area contributed by atoms with Crippen molar-refractivity contribution in [2.24, 2.45) is 0 Å². The van der Waals surface area contributed by atoms with Crippen molar-refractivity contribution in [2.45, 2.75) is 51.4 Å². The largest absolute Gasteiger partial charge is 0.309 e. The summed E-state index contributed by atoms with van der Waals surface area (Å²) in [7, 11) is 0. The molecule has 0 bridgehead atoms. The Hall–Kier alpha value is -5.86. The van der Waals surface area contributed by atoms with Crippen LogP contribution in [0.4, 0.5) is 0 Å². The predicted molar refractivity (Wildman–Crippen MR) is 238 cm³/mol. The number of aryl methyl sites for hydroxylation is 2. The van der Waals surface area contributed by atoms with Crippen LogP contribution in [0, 0.1) is 19.9 Å². The molecule has 2 aliphatic carbocycles. The van der Waals surface area contributed by atoms with Crippen LogP contribution >= 0.6 is 0 Å². The quantitative estimate of drug-likeness (QED) is 0.157. The van der Waals surface area contributed by atoms with Gasteiger partial charge in [0.2, 0.25) is 0 Å². The molecule has 2 aliphatic rings. The Morgan fingerprint density at radius 3 is 1.81 bits per heavy atom. The van der Waals surface area contributed by atoms with E-state index >= 15 is 0 Å². The molecule has 9 aromatic rings. The van der Waals surface area contributed by atoms with Gasteiger partial charge in [0.05, 0.1) is 11.0 Å². The first-order valence-electron chi connectivity index (χ1n) is 20.5. The number of nitrogens with zero attached hydrogens (tertiary/aromatic N) is 2. The molecule has 0 N–H and O–H groups in total. The molecule has 11 rings (SSSR count). The minimum atomic E-state index is 0. The summed E-state index contributed by atoms with van der Waals surface area (Å²) in [4.78, 5) is 4.58. The van der Waals surface area contributed by atoms with Crippen molar-refractivity contribution in [2.75, 3.05) is 0 Å². The van der Waals surface area contributed by atoms with Crippen molar-refractivity contribution in [3.8, 4) is 61.5 Å². The van der Waals surface area contributed by atoms with E-state index < -0.39 is 0 Å². The van der Waals surface area contributed by atoms with Gasteiger partial charge in [-0.2, -0.15) is 0 Å². The number of aromatic nitrogens is 2. The summed E-state index contributed by atoms with van der Waals surface area (Å²) >= 11 is 0. The molecule has 1 saturated carbocycles. The fourth-order valence-corrected chi connectivity index (χ4v) is 10.3. The first-order chi connectivity index (χ1) is 28.1. The molecule has 7 aromatic carbocycles. The summed E-state index contributed by atoms with van der Waals surface area (Å²) in [5, 5.41) is 2.59. The standard InChI is InChI=1S/C55H43N2.Ir/c1-36-20-21-39(38-13-12-14-42(32-38)52-17-8-11-30-56-52)33-49(36)41-23-26-46-45-25-22-40(34-50(45)55(51(46)35-41)28-9-3-10-29-55)44-27-24-43(31-37(44)2)57-53-18-6-4-15-47(53)48-16-5-7-19-54(48)57;/h4-8,11-13,15-27,30-35H,3,9-10,28-29H2,1-2H3;/q-1;. The normalized spacial score (nSPS) is 14.0. The number of hydrogen-bond donors (Lipinski definition) is 0. The molecule has 0 aliphatic heterocycles. The second kappa shape index (κ2) is 14.5. The molecule has 0 unspecified atom stereocenters. The van der Waals surface area contributed by atoms with Gasteiger partial charge in [-0.25, -0.2) is 0 Å². The van der Waals surface area contributed by atoms with Gasteiger partial charge < -0.3 is 9.55 Å². The summed E-state index contributed by atoms with van der Waals surface area (Å²) in [5.74, 6) is 0. The van der Waals surface area contributed by atoms with Gasteiger partial charge in [-0.05, 0) is 142 Å². The van der Waals surface area contributed by atoms with E-state index in [9.17, 15) is 0 Å². The van der Waals surface area contributed by atoms with Crippen LogP contribution in [0.2, 0.25) is 0 Å². The van der Waals surface area contributed by atoms with Crippen LogP contribution in [0.5, 0.6) is 0 Å². The van der Waals surface area contributed by atoms with Crippen LogP contribution in [0.25, 0.3) is 83.3 Å². The van der Waals surface area contributed by atoms with Crippen LogP contribution in [0.15, 0.2) is 164 Å². The molecule has 3 heteroatoms. The molecular formula is C55H43IrN2-. The molecule has 2 heterocycles. The monoisotopic (exact) mass is 924 g/mol. The first-order valence-corrected chi connectivity index (χ1v) is 20.5. The van der Waals surface area contributed by atoms with Gasteiger partial charge in [0.1, 0.15) is 0 Å². The second-order valence-electron chi connectivity index (χ2n) is 16.3. The van der Waals surface area contributed by atoms with Crippen molar-refractivity contribution >= 4 is 21.8 Å². The number of benzene rings is 7. The third-order valence-corrected chi connectivity index (χ3v) is 13.1. The third-order valence-electron chi connectivity index (χ3n) is 13.1. The Kier molecular flexibility index (Phi) is 9.12. The molecule has 0 saturated heterocycles. The van der Waals surface area contributed by atoms with Gasteiger partial charge in [0.25, 0.3) is 0 Å². The minimum Gasteiger partial charge on any atom is -0.309 e. The summed E-state index contributed by atoms with van der Waals surface area (Å²) in [5.41, 5.74) is 21.7. The van der Waals surface area contributed by atoms with Crippen LogP contribution in [0.3, 0.4) is 0 Å². The maximum atomic E-state index is 4.58. The average Bonchev–Trinajstić information content (AvgIpc) is 3.73. The number of fused-ring (bicyclic) bond motifs is 8. The first kappa shape index (κ1) is 36.5. The van der Waals surface area contributed by atoms with Gasteiger partial charge in [0.15, 0.2) is 0 Å². The summed E-state index contributed by atoms with van der Waals surface area (Å²) in [6.07, 6.45) is 8.07. The summed E-state index contributed by atoms with van der Waals surface area (Å²) in [6.45, 7) is 4.53. The van der Waals surface area contributed by atoms with Crippen LogP contribution in [0.1, 0.15) is 54.4 Å². The predicted octanol–water partition coefficient (Wildman–Crippen LogP) is 14.5. The number of hydrogen-bond acceptors (Lipinski definition) is 1. The minimum absolute atomic E-state index is 0. The molecular weight excluding hydrogens is 881 g/mol. The van der Waals surface area contributed by atoms with Crippen LogP contribution in [-0.2, 0) is 25.5 Å². The van der Waals surface area contributed by atoms with Crippen molar-refractivity contribution in [1.29, 1.82) is 0 Å². The Bertz CT molecular complexity index is 2970. The van der Waals surface area contributed by atoms with Crippen LogP contribution < -0.4 is 0 Å². The number of para-hydroxylation sites is 2. The third kappa shape index (κ3) is 5.83. The SMILES string of the molecule is Cc1cc(-n2c3ccccc3c3ccccc32)ccc1-c1ccc2c(c1)C1(CCCCC1)c1cc(-c3cc(-c4cc[c-]c(-c5ccccn5)c4)ccc3C)ccc1-2.[Ir]. The van der Waals surface area contributed by atoms with Gasteiger partial charge in [-0.1, -0.05) is 110 Å². The Morgan fingerprint density at radius 1 is 0.517 bits per heavy atom. The van der Waals surface area contributed by atoms with E-state index in [2.05, 4.69) is 163 Å². The fourth-order valence-electron chi connectivity index (χ4n) is 10.3. The van der Waals surface area contributed by atoms with Gasteiger partial charge >= 0.3 is 0 Å². The summed E-state index contributed by atoms with van der Waals surface area (Å²) < 4.78 is 2.42. The van der Waals surface area contributed by atoms with Crippen molar-refractivity contribution in [3.63, 3.8) is 0 Å². The smallest absolute Gasteiger partial charge is 0.0541 e. The molecule has 283 valence electrons. The zero-order chi connectivity index (χ0) is 38.1. The van der Waals surface area contributed by atoms with E-state index in [0.717, 1.165) is 11.3 Å². The Balaban J connectivity index is 0.00000408. The van der Waals surface area contributed by atoms with Crippen molar-refractivity contribution in [1.82, 2.24) is 9.55 Å². The van der Waals surface area contributed by atoms with E-state index in [1.165, 1.54) is 126 Å². The van der Waals surface area contributed by atoms with E-state index in [1.54, 1.807) is 0 Å². The van der Waals surface area contributed by atoms with Crippen LogP contribution in [-0.4, -0.2) is 9.55 Å². The van der Waals surface area contributed by atoms with E-state index in [1.807, 2.05) is 30.5 Å². The molecule has 2 nitrogen and oxygen atoms in total. The Labute approximate surface area is 354 Å². The molecule has 2 aromatic heterocycles.